The third-order valence-electron chi connectivity index (χ3n) is 1.68. The monoisotopic (exact) mass is 278 g/mol. The molecule has 1 aromatic carbocycles. The summed E-state index contributed by atoms with van der Waals surface area (Å²) >= 11 is 2.88. The Morgan fingerprint density at radius 3 is 2.60 bits per heavy atom. The first kappa shape index (κ1) is 12.1. The molecular weight excluding hydrogens is 270 g/mol. The van der Waals surface area contributed by atoms with E-state index >= 15 is 0 Å². The maximum absolute atomic E-state index is 13.1. The van der Waals surface area contributed by atoms with Gasteiger partial charge in [0, 0.05) is 6.07 Å². The van der Waals surface area contributed by atoms with E-state index in [-0.39, 0.29) is 10.2 Å². The zero-order valence-corrected chi connectivity index (χ0v) is 9.44. The molecule has 0 heterocycles. The Morgan fingerprint density at radius 1 is 1.47 bits per heavy atom. The Morgan fingerprint density at radius 2 is 2.07 bits per heavy atom. The van der Waals surface area contributed by atoms with Crippen LogP contribution in [0.25, 0.3) is 0 Å². The zero-order chi connectivity index (χ0) is 11.6. The van der Waals surface area contributed by atoms with Crippen LogP contribution in [-0.4, -0.2) is 11.9 Å². The minimum absolute atomic E-state index is 0.0730. The Kier molecular flexibility index (Phi) is 3.76. The summed E-state index contributed by atoms with van der Waals surface area (Å²) in [5.41, 5.74) is 5.18. The molecule has 0 unspecified atom stereocenters. The summed E-state index contributed by atoms with van der Waals surface area (Å²) in [7, 11) is 0. The predicted molar refractivity (Wildman–Crippen MR) is 56.3 cm³/mol. The minimum atomic E-state index is -0.843. The van der Waals surface area contributed by atoms with Crippen molar-refractivity contribution in [2.75, 3.05) is 5.32 Å². The van der Waals surface area contributed by atoms with E-state index in [2.05, 4.69) is 21.2 Å². The summed E-state index contributed by atoms with van der Waals surface area (Å²) in [5.74, 6) is -2.11. The molecule has 1 rings (SSSR count). The summed E-state index contributed by atoms with van der Waals surface area (Å²) in [5, 5.41) is 2.24. The average molecular weight is 279 g/mol. The SMILES string of the molecule is C[C@@H](N)C(=O)Nc1cc(Br)c(F)cc1F. The molecule has 1 atom stereocenters. The molecule has 0 spiro atoms. The molecule has 0 aliphatic rings. The van der Waals surface area contributed by atoms with E-state index in [4.69, 9.17) is 5.73 Å². The van der Waals surface area contributed by atoms with E-state index in [0.717, 1.165) is 6.07 Å². The van der Waals surface area contributed by atoms with Crippen molar-refractivity contribution in [1.82, 2.24) is 0 Å². The number of carbonyl (C=O) groups is 1. The number of nitrogens with one attached hydrogen (secondary N) is 1. The fraction of sp³-hybridized carbons (Fsp3) is 0.222. The van der Waals surface area contributed by atoms with E-state index < -0.39 is 23.6 Å². The second-order valence-electron chi connectivity index (χ2n) is 3.02. The molecule has 0 saturated heterocycles. The van der Waals surface area contributed by atoms with Crippen LogP contribution >= 0.6 is 15.9 Å². The number of halogens is 3. The predicted octanol–water partition coefficient (Wildman–Crippen LogP) is 2.01. The van der Waals surface area contributed by atoms with Crippen LogP contribution in [0, 0.1) is 11.6 Å². The van der Waals surface area contributed by atoms with Crippen molar-refractivity contribution in [2.45, 2.75) is 13.0 Å². The Bertz CT molecular complexity index is 396. The van der Waals surface area contributed by atoms with Gasteiger partial charge in [0.2, 0.25) is 5.91 Å². The summed E-state index contributed by atoms with van der Waals surface area (Å²) in [6.07, 6.45) is 0. The number of benzene rings is 1. The van der Waals surface area contributed by atoms with Gasteiger partial charge in [-0.2, -0.15) is 0 Å². The van der Waals surface area contributed by atoms with Gasteiger partial charge in [-0.3, -0.25) is 4.79 Å². The summed E-state index contributed by atoms with van der Waals surface area (Å²) in [6.45, 7) is 1.46. The number of hydrogen-bond acceptors (Lipinski definition) is 2. The van der Waals surface area contributed by atoms with E-state index in [1.807, 2.05) is 0 Å². The molecule has 1 amide bonds. The number of amides is 1. The smallest absolute Gasteiger partial charge is 0.241 e. The summed E-state index contributed by atoms with van der Waals surface area (Å²) in [6, 6.07) is 1.07. The molecule has 1 aromatic rings. The van der Waals surface area contributed by atoms with Crippen LogP contribution < -0.4 is 11.1 Å². The average Bonchev–Trinajstić information content (AvgIpc) is 2.13. The molecule has 82 valence electrons. The topological polar surface area (TPSA) is 55.1 Å². The molecule has 15 heavy (non-hydrogen) atoms. The molecule has 0 bridgehead atoms. The number of hydrogen-bond donors (Lipinski definition) is 2. The van der Waals surface area contributed by atoms with Gasteiger partial charge in [-0.15, -0.1) is 0 Å². The van der Waals surface area contributed by atoms with Gasteiger partial charge >= 0.3 is 0 Å². The number of rotatable bonds is 2. The van der Waals surface area contributed by atoms with Crippen LogP contribution in [-0.2, 0) is 4.79 Å². The van der Waals surface area contributed by atoms with Crippen molar-refractivity contribution in [1.29, 1.82) is 0 Å². The molecule has 0 radical (unpaired) electrons. The number of nitrogens with two attached hydrogens (primary N) is 1. The van der Waals surface area contributed by atoms with Crippen molar-refractivity contribution in [2.24, 2.45) is 5.73 Å². The molecule has 0 aromatic heterocycles. The van der Waals surface area contributed by atoms with E-state index in [1.165, 1.54) is 6.92 Å². The molecule has 0 saturated carbocycles. The molecule has 6 heteroatoms. The van der Waals surface area contributed by atoms with Crippen LogP contribution in [0.4, 0.5) is 14.5 Å². The van der Waals surface area contributed by atoms with Gasteiger partial charge in [-0.05, 0) is 28.9 Å². The number of carbonyl (C=O) groups excluding carboxylic acids is 1. The fourth-order valence-corrected chi connectivity index (χ4v) is 1.21. The Hall–Kier alpha value is -1.01. The molecule has 0 aliphatic heterocycles. The van der Waals surface area contributed by atoms with Gasteiger partial charge in [0.15, 0.2) is 0 Å². The second kappa shape index (κ2) is 4.67. The normalized spacial score (nSPS) is 12.3. The summed E-state index contributed by atoms with van der Waals surface area (Å²) < 4.78 is 26.0. The van der Waals surface area contributed by atoms with Gasteiger partial charge in [-0.1, -0.05) is 0 Å². The molecular formula is C9H9BrF2N2O. The van der Waals surface area contributed by atoms with E-state index in [9.17, 15) is 13.6 Å². The van der Waals surface area contributed by atoms with Crippen molar-refractivity contribution in [3.63, 3.8) is 0 Å². The van der Waals surface area contributed by atoms with Gasteiger partial charge in [0.05, 0.1) is 16.2 Å². The first-order valence-electron chi connectivity index (χ1n) is 4.13. The molecule has 3 nitrogen and oxygen atoms in total. The van der Waals surface area contributed by atoms with Crippen molar-refractivity contribution in [3.8, 4) is 0 Å². The highest BCUT2D eigenvalue weighted by Crippen LogP contribution is 2.23. The quantitative estimate of drug-likeness (QED) is 0.814. The van der Waals surface area contributed by atoms with E-state index in [1.54, 1.807) is 0 Å². The molecule has 0 aliphatic carbocycles. The van der Waals surface area contributed by atoms with Crippen LogP contribution in [0.5, 0.6) is 0 Å². The van der Waals surface area contributed by atoms with Gasteiger partial charge in [0.1, 0.15) is 11.6 Å². The lowest BCUT2D eigenvalue weighted by Crippen LogP contribution is -2.32. The van der Waals surface area contributed by atoms with Crippen molar-refractivity contribution >= 4 is 27.5 Å². The first-order chi connectivity index (χ1) is 6.91. The first-order valence-corrected chi connectivity index (χ1v) is 4.92. The number of anilines is 1. The highest BCUT2D eigenvalue weighted by molar-refractivity contribution is 9.10. The maximum Gasteiger partial charge on any atom is 0.241 e. The van der Waals surface area contributed by atoms with Crippen LogP contribution in [0.1, 0.15) is 6.92 Å². The van der Waals surface area contributed by atoms with Crippen LogP contribution in [0.15, 0.2) is 16.6 Å². The molecule has 0 fully saturated rings. The highest BCUT2D eigenvalue weighted by atomic mass is 79.9. The molecule has 3 N–H and O–H groups in total. The van der Waals surface area contributed by atoms with Gasteiger partial charge in [-0.25, -0.2) is 8.78 Å². The third kappa shape index (κ3) is 2.97. The Balaban J connectivity index is 2.96. The van der Waals surface area contributed by atoms with Crippen LogP contribution in [0.2, 0.25) is 0 Å². The maximum atomic E-state index is 13.1. The summed E-state index contributed by atoms with van der Waals surface area (Å²) in [4.78, 5) is 11.1. The second-order valence-corrected chi connectivity index (χ2v) is 3.88. The fourth-order valence-electron chi connectivity index (χ4n) is 0.865. The lowest BCUT2D eigenvalue weighted by atomic mass is 10.2. The lowest BCUT2D eigenvalue weighted by Gasteiger charge is -2.09. The van der Waals surface area contributed by atoms with Crippen molar-refractivity contribution in [3.05, 3.63) is 28.2 Å². The minimum Gasteiger partial charge on any atom is -0.322 e. The van der Waals surface area contributed by atoms with Gasteiger partial charge < -0.3 is 11.1 Å². The lowest BCUT2D eigenvalue weighted by molar-refractivity contribution is -0.117. The zero-order valence-electron chi connectivity index (χ0n) is 7.85. The van der Waals surface area contributed by atoms with Crippen LogP contribution in [0.3, 0.4) is 0 Å². The van der Waals surface area contributed by atoms with Gasteiger partial charge in [0.25, 0.3) is 0 Å². The van der Waals surface area contributed by atoms with Crippen molar-refractivity contribution < 1.29 is 13.6 Å². The third-order valence-corrected chi connectivity index (χ3v) is 2.29. The Labute approximate surface area is 93.8 Å². The largest absolute Gasteiger partial charge is 0.322 e. The highest BCUT2D eigenvalue weighted by Gasteiger charge is 2.13. The van der Waals surface area contributed by atoms with E-state index in [0.29, 0.717) is 6.07 Å². The standard InChI is InChI=1S/C9H9BrF2N2O/c1-4(13)9(15)14-8-2-5(10)6(11)3-7(8)12/h2-4H,13H2,1H3,(H,14,15)/t4-/m1/s1.